The molecule has 0 radical (unpaired) electrons. The van der Waals surface area contributed by atoms with Gasteiger partial charge in [-0.2, -0.15) is 0 Å². The van der Waals surface area contributed by atoms with E-state index in [1.54, 1.807) is 30.5 Å². The lowest BCUT2D eigenvalue weighted by Gasteiger charge is -2.20. The molecule has 1 aromatic carbocycles. The van der Waals surface area contributed by atoms with Crippen molar-refractivity contribution in [2.45, 2.75) is 6.92 Å². The van der Waals surface area contributed by atoms with E-state index >= 15 is 0 Å². The van der Waals surface area contributed by atoms with Crippen molar-refractivity contribution < 1.29 is 9.18 Å². The maximum Gasteiger partial charge on any atom is 0.277 e. The third-order valence-electron chi connectivity index (χ3n) is 2.45. The number of nitrogens with zero attached hydrogens (tertiary/aromatic N) is 2. The van der Waals surface area contributed by atoms with Crippen LogP contribution < -0.4 is 10.6 Å². The Morgan fingerprint density at radius 2 is 2.22 bits per heavy atom. The molecule has 2 N–H and O–H groups in total. The molecule has 0 atom stereocenters. The number of amides is 1. The zero-order chi connectivity index (χ0) is 13.1. The number of carbonyl (C=O) groups excluding carboxylic acids is 1. The van der Waals surface area contributed by atoms with Crippen LogP contribution in [0.2, 0.25) is 0 Å². The van der Waals surface area contributed by atoms with E-state index in [4.69, 9.17) is 5.73 Å². The summed E-state index contributed by atoms with van der Waals surface area (Å²) in [6.45, 7) is 2.14. The van der Waals surface area contributed by atoms with E-state index < -0.39 is 5.82 Å². The molecule has 0 fully saturated rings. The molecule has 0 saturated carbocycles. The summed E-state index contributed by atoms with van der Waals surface area (Å²) in [5.41, 5.74) is 5.97. The lowest BCUT2D eigenvalue weighted by atomic mass is 10.2. The molecular formula is C12H12FN3OS. The van der Waals surface area contributed by atoms with Crippen LogP contribution in [0.1, 0.15) is 17.4 Å². The molecule has 1 heterocycles. The van der Waals surface area contributed by atoms with Gasteiger partial charge in [-0.15, -0.1) is 11.3 Å². The van der Waals surface area contributed by atoms with Crippen LogP contribution in [0.25, 0.3) is 0 Å². The summed E-state index contributed by atoms with van der Waals surface area (Å²) in [6, 6.07) is 6.15. The van der Waals surface area contributed by atoms with Crippen molar-refractivity contribution in [3.05, 3.63) is 41.2 Å². The Balaban J connectivity index is 2.35. The Labute approximate surface area is 108 Å². The van der Waals surface area contributed by atoms with Crippen LogP contribution in [0, 0.1) is 5.82 Å². The van der Waals surface area contributed by atoms with Gasteiger partial charge < -0.3 is 10.6 Å². The summed E-state index contributed by atoms with van der Waals surface area (Å²) in [5, 5.41) is 1.89. The molecule has 0 aliphatic carbocycles. The Morgan fingerprint density at radius 3 is 2.78 bits per heavy atom. The first kappa shape index (κ1) is 12.5. The van der Waals surface area contributed by atoms with E-state index in [0.29, 0.717) is 11.7 Å². The van der Waals surface area contributed by atoms with E-state index in [2.05, 4.69) is 4.98 Å². The number of hydrogen-bond donors (Lipinski definition) is 1. The summed E-state index contributed by atoms with van der Waals surface area (Å²) < 4.78 is 13.7. The standard InChI is InChI=1S/C12H12FN3OS/c1-2-16(10-6-4-3-5-8(10)13)11(17)9-7-18-12(14)15-9/h3-7H,2H2,1H3,(H2,14,15). The lowest BCUT2D eigenvalue weighted by molar-refractivity contribution is 0.0983. The SMILES string of the molecule is CCN(C(=O)c1csc(N)n1)c1ccccc1F. The highest BCUT2D eigenvalue weighted by Crippen LogP contribution is 2.21. The third-order valence-corrected chi connectivity index (χ3v) is 3.12. The minimum absolute atomic E-state index is 0.239. The van der Waals surface area contributed by atoms with Gasteiger partial charge in [0.2, 0.25) is 0 Å². The van der Waals surface area contributed by atoms with Gasteiger partial charge in [0.1, 0.15) is 11.5 Å². The predicted molar refractivity (Wildman–Crippen MR) is 70.3 cm³/mol. The predicted octanol–water partition coefficient (Wildman–Crippen LogP) is 2.53. The quantitative estimate of drug-likeness (QED) is 0.927. The minimum atomic E-state index is -0.434. The van der Waals surface area contributed by atoms with Crippen LogP contribution >= 0.6 is 11.3 Å². The number of hydrogen-bond acceptors (Lipinski definition) is 4. The molecule has 0 spiro atoms. The van der Waals surface area contributed by atoms with Gasteiger partial charge in [0.15, 0.2) is 5.13 Å². The van der Waals surface area contributed by atoms with Crippen molar-refractivity contribution >= 4 is 28.1 Å². The summed E-state index contributed by atoms with van der Waals surface area (Å²) in [7, 11) is 0. The van der Waals surface area contributed by atoms with Crippen LogP contribution in [-0.4, -0.2) is 17.4 Å². The maximum absolute atomic E-state index is 13.7. The second-order valence-corrected chi connectivity index (χ2v) is 4.46. The number of thiazole rings is 1. The van der Waals surface area contributed by atoms with E-state index in [-0.39, 0.29) is 17.3 Å². The highest BCUT2D eigenvalue weighted by Gasteiger charge is 2.20. The zero-order valence-corrected chi connectivity index (χ0v) is 10.6. The average molecular weight is 265 g/mol. The molecule has 0 aliphatic heterocycles. The lowest BCUT2D eigenvalue weighted by Crippen LogP contribution is -2.31. The number of para-hydroxylation sites is 1. The van der Waals surface area contributed by atoms with Crippen LogP contribution in [-0.2, 0) is 0 Å². The number of benzene rings is 1. The topological polar surface area (TPSA) is 59.2 Å². The van der Waals surface area contributed by atoms with E-state index in [1.807, 2.05) is 0 Å². The third kappa shape index (κ3) is 2.33. The van der Waals surface area contributed by atoms with Gasteiger partial charge in [0.05, 0.1) is 5.69 Å². The van der Waals surface area contributed by atoms with Gasteiger partial charge in [0.25, 0.3) is 5.91 Å². The highest BCUT2D eigenvalue weighted by atomic mass is 32.1. The second kappa shape index (κ2) is 5.14. The number of nitrogens with two attached hydrogens (primary N) is 1. The molecule has 0 bridgehead atoms. The van der Waals surface area contributed by atoms with Crippen molar-refractivity contribution in [3.8, 4) is 0 Å². The zero-order valence-electron chi connectivity index (χ0n) is 9.76. The van der Waals surface area contributed by atoms with Gasteiger partial charge in [-0.05, 0) is 19.1 Å². The first-order valence-electron chi connectivity index (χ1n) is 5.41. The number of halogens is 1. The van der Waals surface area contributed by atoms with Gasteiger partial charge in [-0.25, -0.2) is 9.37 Å². The largest absolute Gasteiger partial charge is 0.375 e. The Hall–Kier alpha value is -1.95. The second-order valence-electron chi connectivity index (χ2n) is 3.57. The molecule has 18 heavy (non-hydrogen) atoms. The summed E-state index contributed by atoms with van der Waals surface area (Å²) in [4.78, 5) is 17.4. The fraction of sp³-hybridized carbons (Fsp3) is 0.167. The molecule has 0 unspecified atom stereocenters. The molecular weight excluding hydrogens is 253 g/mol. The molecule has 1 amide bonds. The fourth-order valence-electron chi connectivity index (χ4n) is 1.62. The fourth-order valence-corrected chi connectivity index (χ4v) is 2.16. The van der Waals surface area contributed by atoms with E-state index in [9.17, 15) is 9.18 Å². The summed E-state index contributed by atoms with van der Waals surface area (Å²) in [6.07, 6.45) is 0. The molecule has 1 aromatic heterocycles. The molecule has 94 valence electrons. The summed E-state index contributed by atoms with van der Waals surface area (Å²) >= 11 is 1.19. The van der Waals surface area contributed by atoms with Crippen LogP contribution in [0.4, 0.5) is 15.2 Å². The molecule has 0 saturated heterocycles. The van der Waals surface area contributed by atoms with Gasteiger partial charge >= 0.3 is 0 Å². The highest BCUT2D eigenvalue weighted by molar-refractivity contribution is 7.13. The van der Waals surface area contributed by atoms with Crippen molar-refractivity contribution in [2.24, 2.45) is 0 Å². The Morgan fingerprint density at radius 1 is 1.50 bits per heavy atom. The molecule has 0 aliphatic rings. The molecule has 4 nitrogen and oxygen atoms in total. The Bertz CT molecular complexity index is 570. The minimum Gasteiger partial charge on any atom is -0.375 e. The van der Waals surface area contributed by atoms with Crippen molar-refractivity contribution in [1.82, 2.24) is 4.98 Å². The summed E-state index contributed by atoms with van der Waals surface area (Å²) in [5.74, 6) is -0.786. The van der Waals surface area contributed by atoms with Crippen molar-refractivity contribution in [1.29, 1.82) is 0 Å². The smallest absolute Gasteiger partial charge is 0.277 e. The normalized spacial score (nSPS) is 10.3. The van der Waals surface area contributed by atoms with E-state index in [0.717, 1.165) is 0 Å². The van der Waals surface area contributed by atoms with Gasteiger partial charge in [-0.1, -0.05) is 12.1 Å². The van der Waals surface area contributed by atoms with Crippen molar-refractivity contribution in [2.75, 3.05) is 17.2 Å². The number of carbonyl (C=O) groups is 1. The monoisotopic (exact) mass is 265 g/mol. The van der Waals surface area contributed by atoms with Gasteiger partial charge in [0, 0.05) is 11.9 Å². The number of nitrogen functional groups attached to an aromatic ring is 1. The first-order valence-corrected chi connectivity index (χ1v) is 6.29. The van der Waals surface area contributed by atoms with Crippen molar-refractivity contribution in [3.63, 3.8) is 0 Å². The number of rotatable bonds is 3. The van der Waals surface area contributed by atoms with E-state index in [1.165, 1.54) is 22.3 Å². The maximum atomic E-state index is 13.7. The van der Waals surface area contributed by atoms with Crippen LogP contribution in [0.5, 0.6) is 0 Å². The van der Waals surface area contributed by atoms with Gasteiger partial charge in [-0.3, -0.25) is 4.79 Å². The number of aromatic nitrogens is 1. The van der Waals surface area contributed by atoms with Crippen LogP contribution in [0.3, 0.4) is 0 Å². The molecule has 6 heteroatoms. The average Bonchev–Trinajstić information content (AvgIpc) is 2.79. The van der Waals surface area contributed by atoms with Crippen LogP contribution in [0.15, 0.2) is 29.6 Å². The Kier molecular flexibility index (Phi) is 3.57. The first-order chi connectivity index (χ1) is 8.63. The molecule has 2 aromatic rings. The molecule has 2 rings (SSSR count). The number of anilines is 2.